The van der Waals surface area contributed by atoms with Crippen molar-refractivity contribution in [1.82, 2.24) is 9.97 Å². The van der Waals surface area contributed by atoms with E-state index in [2.05, 4.69) is 54.5 Å². The van der Waals surface area contributed by atoms with Gasteiger partial charge < -0.3 is 0 Å². The van der Waals surface area contributed by atoms with Crippen LogP contribution in [-0.4, -0.2) is 9.97 Å². The molecule has 0 spiro atoms. The summed E-state index contributed by atoms with van der Waals surface area (Å²) < 4.78 is 0. The highest BCUT2D eigenvalue weighted by Crippen LogP contribution is 2.33. The van der Waals surface area contributed by atoms with Crippen LogP contribution >= 0.6 is 0 Å². The van der Waals surface area contributed by atoms with Gasteiger partial charge in [0.25, 0.3) is 0 Å². The summed E-state index contributed by atoms with van der Waals surface area (Å²) >= 11 is 0. The van der Waals surface area contributed by atoms with E-state index in [1.807, 2.05) is 0 Å². The molecule has 0 bridgehead atoms. The van der Waals surface area contributed by atoms with Gasteiger partial charge in [-0.2, -0.15) is 0 Å². The van der Waals surface area contributed by atoms with Crippen LogP contribution in [0, 0.1) is 20.8 Å². The Hall–Kier alpha value is -1.44. The van der Waals surface area contributed by atoms with Crippen LogP contribution in [0.1, 0.15) is 67.7 Å². The van der Waals surface area contributed by atoms with Gasteiger partial charge in [-0.1, -0.05) is 27.7 Å². The zero-order valence-electron chi connectivity index (χ0n) is 13.1. The lowest BCUT2D eigenvalue weighted by Gasteiger charge is -2.18. The zero-order valence-corrected chi connectivity index (χ0v) is 13.1. The first kappa shape index (κ1) is 14.0. The summed E-state index contributed by atoms with van der Waals surface area (Å²) in [5.74, 6) is 0.911. The van der Waals surface area contributed by atoms with Gasteiger partial charge in [-0.25, -0.2) is 0 Å². The second-order valence-corrected chi connectivity index (χ2v) is 6.09. The number of nitrogens with zero attached hydrogens (tertiary/aromatic N) is 2. The Kier molecular flexibility index (Phi) is 3.62. The van der Waals surface area contributed by atoms with Crippen LogP contribution in [0.4, 0.5) is 0 Å². The monoisotopic (exact) mass is 256 g/mol. The lowest BCUT2D eigenvalue weighted by molar-refractivity contribution is 0.812. The summed E-state index contributed by atoms with van der Waals surface area (Å²) in [4.78, 5) is 9.62. The smallest absolute Gasteiger partial charge is 0.0773 e. The summed E-state index contributed by atoms with van der Waals surface area (Å²) in [7, 11) is 0. The van der Waals surface area contributed by atoms with Gasteiger partial charge in [0, 0.05) is 16.8 Å². The maximum atomic E-state index is 4.83. The first-order chi connectivity index (χ1) is 8.82. The molecule has 0 aliphatic heterocycles. The van der Waals surface area contributed by atoms with Gasteiger partial charge in [-0.3, -0.25) is 9.97 Å². The van der Waals surface area contributed by atoms with E-state index in [0.717, 1.165) is 16.9 Å². The Morgan fingerprint density at radius 2 is 1.53 bits per heavy atom. The molecule has 0 aliphatic rings. The normalized spacial score (nSPS) is 11.8. The van der Waals surface area contributed by atoms with Crippen LogP contribution in [0.3, 0.4) is 0 Å². The van der Waals surface area contributed by atoms with Crippen molar-refractivity contribution in [2.24, 2.45) is 0 Å². The van der Waals surface area contributed by atoms with Crippen LogP contribution in [0.5, 0.6) is 0 Å². The molecule has 2 heteroatoms. The third kappa shape index (κ3) is 2.36. The van der Waals surface area contributed by atoms with Crippen molar-refractivity contribution >= 4 is 10.9 Å². The molecule has 0 aliphatic carbocycles. The summed E-state index contributed by atoms with van der Waals surface area (Å²) in [6, 6.07) is 2.22. The summed E-state index contributed by atoms with van der Waals surface area (Å²) in [6.45, 7) is 15.2. The average Bonchev–Trinajstić information content (AvgIpc) is 2.32. The average molecular weight is 256 g/mol. The van der Waals surface area contributed by atoms with Crippen molar-refractivity contribution in [2.75, 3.05) is 0 Å². The van der Waals surface area contributed by atoms with Crippen molar-refractivity contribution in [2.45, 2.75) is 60.3 Å². The summed E-state index contributed by atoms with van der Waals surface area (Å²) in [6.07, 6.45) is 0. The van der Waals surface area contributed by atoms with Crippen LogP contribution in [-0.2, 0) is 0 Å². The molecule has 0 saturated heterocycles. The summed E-state index contributed by atoms with van der Waals surface area (Å²) in [5, 5.41) is 1.28. The number of rotatable bonds is 2. The van der Waals surface area contributed by atoms with E-state index in [1.54, 1.807) is 0 Å². The Balaban J connectivity index is 3.00. The molecule has 2 rings (SSSR count). The molecule has 2 heterocycles. The highest BCUT2D eigenvalue weighted by molar-refractivity contribution is 5.88. The van der Waals surface area contributed by atoms with Gasteiger partial charge in [0.2, 0.25) is 0 Å². The fourth-order valence-electron chi connectivity index (χ4n) is 2.60. The molecule has 0 fully saturated rings. The molecule has 0 N–H and O–H groups in total. The van der Waals surface area contributed by atoms with Gasteiger partial charge in [-0.05, 0) is 49.8 Å². The molecule has 102 valence electrons. The Labute approximate surface area is 116 Å². The molecule has 0 aromatic carbocycles. The zero-order chi connectivity index (χ0) is 14.3. The van der Waals surface area contributed by atoms with Crippen molar-refractivity contribution in [3.05, 3.63) is 34.3 Å². The SMILES string of the molecule is Cc1cc(C(C)C)c2c(C(C)C)nc(C)c(C)c2n1. The number of hydrogen-bond donors (Lipinski definition) is 0. The third-order valence-electron chi connectivity index (χ3n) is 3.79. The maximum absolute atomic E-state index is 4.83. The Morgan fingerprint density at radius 1 is 0.895 bits per heavy atom. The Morgan fingerprint density at radius 3 is 2.05 bits per heavy atom. The van der Waals surface area contributed by atoms with Gasteiger partial charge >= 0.3 is 0 Å². The molecule has 0 atom stereocenters. The lowest BCUT2D eigenvalue weighted by Crippen LogP contribution is -2.05. The minimum absolute atomic E-state index is 0.420. The number of hydrogen-bond acceptors (Lipinski definition) is 2. The second kappa shape index (κ2) is 4.92. The van der Waals surface area contributed by atoms with Gasteiger partial charge in [0.1, 0.15) is 0 Å². The minimum atomic E-state index is 0.420. The second-order valence-electron chi connectivity index (χ2n) is 6.09. The predicted molar refractivity (Wildman–Crippen MR) is 81.9 cm³/mol. The van der Waals surface area contributed by atoms with Crippen molar-refractivity contribution in [1.29, 1.82) is 0 Å². The quantitative estimate of drug-likeness (QED) is 0.771. The highest BCUT2D eigenvalue weighted by Gasteiger charge is 2.17. The minimum Gasteiger partial charge on any atom is -0.257 e. The number of aryl methyl sites for hydroxylation is 3. The van der Waals surface area contributed by atoms with Crippen molar-refractivity contribution < 1.29 is 0 Å². The van der Waals surface area contributed by atoms with E-state index in [0.29, 0.717) is 11.8 Å². The molecule has 0 amide bonds. The van der Waals surface area contributed by atoms with Crippen molar-refractivity contribution in [3.8, 4) is 0 Å². The van der Waals surface area contributed by atoms with E-state index in [9.17, 15) is 0 Å². The van der Waals surface area contributed by atoms with Gasteiger partial charge in [0.05, 0.1) is 11.2 Å². The molecular weight excluding hydrogens is 232 g/mol. The van der Waals surface area contributed by atoms with E-state index in [1.165, 1.54) is 22.2 Å². The van der Waals surface area contributed by atoms with Gasteiger partial charge in [0.15, 0.2) is 0 Å². The van der Waals surface area contributed by atoms with E-state index in [4.69, 9.17) is 9.97 Å². The molecule has 19 heavy (non-hydrogen) atoms. The predicted octanol–water partition coefficient (Wildman–Crippen LogP) is 4.80. The number of fused-ring (bicyclic) bond motifs is 1. The van der Waals surface area contributed by atoms with E-state index >= 15 is 0 Å². The van der Waals surface area contributed by atoms with Crippen LogP contribution in [0.25, 0.3) is 10.9 Å². The van der Waals surface area contributed by atoms with E-state index in [-0.39, 0.29) is 0 Å². The van der Waals surface area contributed by atoms with Crippen LogP contribution < -0.4 is 0 Å². The lowest BCUT2D eigenvalue weighted by atomic mass is 9.92. The number of aromatic nitrogens is 2. The fourth-order valence-corrected chi connectivity index (χ4v) is 2.60. The molecular formula is C17H24N2. The number of pyridine rings is 2. The Bertz CT molecular complexity index is 611. The molecule has 2 aromatic heterocycles. The molecule has 0 saturated carbocycles. The first-order valence-electron chi connectivity index (χ1n) is 7.11. The molecule has 0 radical (unpaired) electrons. The summed E-state index contributed by atoms with van der Waals surface area (Å²) in [5.41, 5.74) is 7.12. The van der Waals surface area contributed by atoms with Crippen LogP contribution in [0.2, 0.25) is 0 Å². The standard InChI is InChI=1S/C17H24N2/c1-9(2)14-8-11(5)18-17-12(6)13(7)19-16(10(3)4)15(14)17/h8-10H,1-7H3. The van der Waals surface area contributed by atoms with E-state index < -0.39 is 0 Å². The molecule has 0 unspecified atom stereocenters. The van der Waals surface area contributed by atoms with Gasteiger partial charge in [-0.15, -0.1) is 0 Å². The molecule has 2 aromatic rings. The third-order valence-corrected chi connectivity index (χ3v) is 3.79. The van der Waals surface area contributed by atoms with Crippen molar-refractivity contribution in [3.63, 3.8) is 0 Å². The molecule has 2 nitrogen and oxygen atoms in total. The maximum Gasteiger partial charge on any atom is 0.0773 e. The highest BCUT2D eigenvalue weighted by atomic mass is 14.8. The van der Waals surface area contributed by atoms with Crippen LogP contribution in [0.15, 0.2) is 6.07 Å². The fraction of sp³-hybridized carbons (Fsp3) is 0.529. The first-order valence-corrected chi connectivity index (χ1v) is 7.11. The topological polar surface area (TPSA) is 25.8 Å². The largest absolute Gasteiger partial charge is 0.257 e.